The average molecular weight is 214 g/mol. The number of aliphatic hydroxyl groups is 1. The van der Waals surface area contributed by atoms with E-state index in [1.165, 1.54) is 0 Å². The van der Waals surface area contributed by atoms with Crippen LogP contribution in [0, 0.1) is 13.8 Å². The monoisotopic (exact) mass is 214 g/mol. The van der Waals surface area contributed by atoms with Gasteiger partial charge in [-0.05, 0) is 37.6 Å². The number of hydrogen-bond donors (Lipinski definition) is 1. The molecule has 0 saturated carbocycles. The lowest BCUT2D eigenvalue weighted by molar-refractivity contribution is 0.215. The van der Waals surface area contributed by atoms with Crippen molar-refractivity contribution >= 4 is 0 Å². The summed E-state index contributed by atoms with van der Waals surface area (Å²) in [6.45, 7) is 3.90. The van der Waals surface area contributed by atoms with Crippen LogP contribution < -0.4 is 0 Å². The van der Waals surface area contributed by atoms with Crippen molar-refractivity contribution in [1.82, 2.24) is 9.97 Å². The molecule has 16 heavy (non-hydrogen) atoms. The molecule has 2 aromatic rings. The normalized spacial score (nSPS) is 12.4. The van der Waals surface area contributed by atoms with Crippen molar-refractivity contribution in [2.45, 2.75) is 20.0 Å². The van der Waals surface area contributed by atoms with Crippen molar-refractivity contribution in [1.29, 1.82) is 0 Å². The summed E-state index contributed by atoms with van der Waals surface area (Å²) < 4.78 is 0. The van der Waals surface area contributed by atoms with Gasteiger partial charge < -0.3 is 5.11 Å². The first kappa shape index (κ1) is 10.8. The Kier molecular flexibility index (Phi) is 2.97. The highest BCUT2D eigenvalue weighted by molar-refractivity contribution is 5.26. The van der Waals surface area contributed by atoms with Crippen LogP contribution in [0.4, 0.5) is 0 Å². The topological polar surface area (TPSA) is 46.0 Å². The standard InChI is InChI=1S/C13H14N2O/c1-9-5-6-14-12(7-9)13(16)11-4-3-10(2)15-8-11/h3-8,13,16H,1-2H3. The molecule has 0 bridgehead atoms. The molecule has 2 aromatic heterocycles. The molecule has 1 N–H and O–H groups in total. The van der Waals surface area contributed by atoms with E-state index >= 15 is 0 Å². The highest BCUT2D eigenvalue weighted by atomic mass is 16.3. The van der Waals surface area contributed by atoms with E-state index in [1.807, 2.05) is 38.1 Å². The number of pyridine rings is 2. The fourth-order valence-corrected chi connectivity index (χ4v) is 1.52. The molecule has 0 aliphatic carbocycles. The highest BCUT2D eigenvalue weighted by Gasteiger charge is 2.11. The van der Waals surface area contributed by atoms with Gasteiger partial charge in [0.05, 0.1) is 5.69 Å². The SMILES string of the molecule is Cc1ccnc(C(O)c2ccc(C)nc2)c1. The van der Waals surface area contributed by atoms with Crippen LogP contribution in [0.3, 0.4) is 0 Å². The number of nitrogens with zero attached hydrogens (tertiary/aromatic N) is 2. The second kappa shape index (κ2) is 4.41. The minimum Gasteiger partial charge on any atom is -0.382 e. The molecule has 0 fully saturated rings. The summed E-state index contributed by atoms with van der Waals surface area (Å²) in [6, 6.07) is 7.54. The maximum absolute atomic E-state index is 10.1. The van der Waals surface area contributed by atoms with Crippen molar-refractivity contribution in [3.8, 4) is 0 Å². The fraction of sp³-hybridized carbons (Fsp3) is 0.231. The van der Waals surface area contributed by atoms with Crippen molar-refractivity contribution in [3.63, 3.8) is 0 Å². The molecule has 0 spiro atoms. The van der Waals surface area contributed by atoms with Crippen LogP contribution >= 0.6 is 0 Å². The van der Waals surface area contributed by atoms with E-state index in [1.54, 1.807) is 12.4 Å². The van der Waals surface area contributed by atoms with Gasteiger partial charge in [-0.2, -0.15) is 0 Å². The molecule has 82 valence electrons. The summed E-state index contributed by atoms with van der Waals surface area (Å²) in [7, 11) is 0. The predicted octanol–water partition coefficient (Wildman–Crippen LogP) is 2.18. The summed E-state index contributed by atoms with van der Waals surface area (Å²) in [6.07, 6.45) is 2.69. The third-order valence-electron chi connectivity index (χ3n) is 2.47. The van der Waals surface area contributed by atoms with E-state index in [2.05, 4.69) is 9.97 Å². The first-order chi connectivity index (χ1) is 7.66. The van der Waals surface area contributed by atoms with Crippen LogP contribution in [0.25, 0.3) is 0 Å². The van der Waals surface area contributed by atoms with E-state index in [0.29, 0.717) is 5.69 Å². The third kappa shape index (κ3) is 2.25. The largest absolute Gasteiger partial charge is 0.382 e. The number of hydrogen-bond acceptors (Lipinski definition) is 3. The Morgan fingerprint density at radius 2 is 1.94 bits per heavy atom. The Hall–Kier alpha value is -1.74. The van der Waals surface area contributed by atoms with E-state index in [-0.39, 0.29) is 0 Å². The molecular formula is C13H14N2O. The first-order valence-corrected chi connectivity index (χ1v) is 5.20. The lowest BCUT2D eigenvalue weighted by Crippen LogP contribution is -2.03. The zero-order chi connectivity index (χ0) is 11.5. The van der Waals surface area contributed by atoms with Gasteiger partial charge in [-0.15, -0.1) is 0 Å². The van der Waals surface area contributed by atoms with Crippen LogP contribution in [-0.2, 0) is 0 Å². The predicted molar refractivity (Wildman–Crippen MR) is 62.0 cm³/mol. The number of rotatable bonds is 2. The minimum absolute atomic E-state index is 0.658. The molecule has 3 nitrogen and oxygen atoms in total. The Bertz CT molecular complexity index is 480. The number of aliphatic hydroxyl groups excluding tert-OH is 1. The summed E-state index contributed by atoms with van der Waals surface area (Å²) in [5.74, 6) is 0. The van der Waals surface area contributed by atoms with Crippen molar-refractivity contribution in [3.05, 3.63) is 59.2 Å². The molecule has 2 rings (SSSR count). The first-order valence-electron chi connectivity index (χ1n) is 5.20. The Labute approximate surface area is 94.8 Å². The molecule has 1 unspecified atom stereocenters. The smallest absolute Gasteiger partial charge is 0.122 e. The van der Waals surface area contributed by atoms with Gasteiger partial charge >= 0.3 is 0 Å². The zero-order valence-corrected chi connectivity index (χ0v) is 9.38. The van der Waals surface area contributed by atoms with Crippen LogP contribution in [0.5, 0.6) is 0 Å². The summed E-state index contributed by atoms with van der Waals surface area (Å²) in [5, 5.41) is 10.1. The van der Waals surface area contributed by atoms with Gasteiger partial charge in [0.25, 0.3) is 0 Å². The van der Waals surface area contributed by atoms with Gasteiger partial charge in [-0.3, -0.25) is 9.97 Å². The van der Waals surface area contributed by atoms with Crippen LogP contribution in [0.2, 0.25) is 0 Å². The number of aryl methyl sites for hydroxylation is 2. The Morgan fingerprint density at radius 1 is 1.12 bits per heavy atom. The highest BCUT2D eigenvalue weighted by Crippen LogP contribution is 2.19. The maximum Gasteiger partial charge on any atom is 0.122 e. The molecule has 1 atom stereocenters. The number of aromatic nitrogens is 2. The zero-order valence-electron chi connectivity index (χ0n) is 9.38. The van der Waals surface area contributed by atoms with Gasteiger partial charge in [0.1, 0.15) is 6.10 Å². The summed E-state index contributed by atoms with van der Waals surface area (Å²) in [5.41, 5.74) is 3.45. The Morgan fingerprint density at radius 3 is 2.56 bits per heavy atom. The molecular weight excluding hydrogens is 200 g/mol. The van der Waals surface area contributed by atoms with E-state index < -0.39 is 6.10 Å². The molecule has 3 heteroatoms. The van der Waals surface area contributed by atoms with Crippen molar-refractivity contribution in [2.24, 2.45) is 0 Å². The minimum atomic E-state index is -0.701. The maximum atomic E-state index is 10.1. The molecule has 0 saturated heterocycles. The molecule has 0 aromatic carbocycles. The van der Waals surface area contributed by atoms with E-state index in [4.69, 9.17) is 0 Å². The van der Waals surface area contributed by atoms with Gasteiger partial charge in [0.15, 0.2) is 0 Å². The van der Waals surface area contributed by atoms with Gasteiger partial charge in [0.2, 0.25) is 0 Å². The molecule has 0 aliphatic heterocycles. The van der Waals surface area contributed by atoms with Crippen molar-refractivity contribution < 1.29 is 5.11 Å². The van der Waals surface area contributed by atoms with E-state index in [0.717, 1.165) is 16.8 Å². The second-order valence-electron chi connectivity index (χ2n) is 3.89. The Balaban J connectivity index is 2.31. The summed E-state index contributed by atoms with van der Waals surface area (Å²) >= 11 is 0. The lowest BCUT2D eigenvalue weighted by Gasteiger charge is -2.10. The average Bonchev–Trinajstić information content (AvgIpc) is 2.29. The molecule has 2 heterocycles. The molecule has 0 aliphatic rings. The van der Waals surface area contributed by atoms with Crippen molar-refractivity contribution in [2.75, 3.05) is 0 Å². The second-order valence-corrected chi connectivity index (χ2v) is 3.89. The molecule has 0 radical (unpaired) electrons. The lowest BCUT2D eigenvalue weighted by atomic mass is 10.1. The van der Waals surface area contributed by atoms with Gasteiger partial charge in [-0.25, -0.2) is 0 Å². The van der Waals surface area contributed by atoms with Gasteiger partial charge in [0, 0.05) is 23.7 Å². The molecule has 0 amide bonds. The van der Waals surface area contributed by atoms with E-state index in [9.17, 15) is 5.11 Å². The van der Waals surface area contributed by atoms with Crippen LogP contribution in [-0.4, -0.2) is 15.1 Å². The third-order valence-corrected chi connectivity index (χ3v) is 2.47. The van der Waals surface area contributed by atoms with Crippen LogP contribution in [0.1, 0.15) is 28.6 Å². The summed E-state index contributed by atoms with van der Waals surface area (Å²) in [4.78, 5) is 8.32. The fourth-order valence-electron chi connectivity index (χ4n) is 1.52. The van der Waals surface area contributed by atoms with Crippen LogP contribution in [0.15, 0.2) is 36.7 Å². The van der Waals surface area contributed by atoms with Gasteiger partial charge in [-0.1, -0.05) is 6.07 Å². The quantitative estimate of drug-likeness (QED) is 0.833.